The van der Waals surface area contributed by atoms with Gasteiger partial charge >= 0.3 is 0 Å². The molecule has 0 spiro atoms. The van der Waals surface area contributed by atoms with E-state index in [1.807, 2.05) is 24.3 Å². The highest BCUT2D eigenvalue weighted by atomic mass is 16.5. The van der Waals surface area contributed by atoms with Gasteiger partial charge in [0.05, 0.1) is 0 Å². The van der Waals surface area contributed by atoms with Crippen molar-refractivity contribution < 1.29 is 4.52 Å². The van der Waals surface area contributed by atoms with Gasteiger partial charge in [0.1, 0.15) is 0 Å². The minimum Gasteiger partial charge on any atom is -0.399 e. The number of nitrogen functional groups attached to an aromatic ring is 1. The minimum atomic E-state index is 0.458. The Bertz CT molecular complexity index is 561. The predicted molar refractivity (Wildman–Crippen MR) is 79.1 cm³/mol. The average molecular weight is 271 g/mol. The van der Waals surface area contributed by atoms with Gasteiger partial charge < -0.3 is 10.3 Å². The first kappa shape index (κ1) is 13.2. The van der Waals surface area contributed by atoms with Crippen LogP contribution in [0.25, 0.3) is 11.5 Å². The first-order valence-electron chi connectivity index (χ1n) is 7.45. The van der Waals surface area contributed by atoms with Gasteiger partial charge in [0, 0.05) is 17.2 Å². The van der Waals surface area contributed by atoms with E-state index >= 15 is 0 Å². The summed E-state index contributed by atoms with van der Waals surface area (Å²) in [4.78, 5) is 4.58. The number of benzene rings is 1. The lowest BCUT2D eigenvalue weighted by atomic mass is 9.80. The molecule has 2 unspecified atom stereocenters. The van der Waals surface area contributed by atoms with Gasteiger partial charge in [-0.2, -0.15) is 4.98 Å². The van der Waals surface area contributed by atoms with Gasteiger partial charge in [-0.1, -0.05) is 31.3 Å². The first-order valence-corrected chi connectivity index (χ1v) is 7.45. The summed E-state index contributed by atoms with van der Waals surface area (Å²) in [7, 11) is 0. The predicted octanol–water partition coefficient (Wildman–Crippen LogP) is 4.00. The molecule has 0 radical (unpaired) electrons. The zero-order chi connectivity index (χ0) is 13.9. The quantitative estimate of drug-likeness (QED) is 0.857. The number of nitrogens with zero attached hydrogens (tertiary/aromatic N) is 2. The van der Waals surface area contributed by atoms with E-state index in [-0.39, 0.29) is 0 Å². The molecule has 1 aliphatic carbocycles. The molecule has 106 valence electrons. The van der Waals surface area contributed by atoms with Crippen LogP contribution in [0, 0.1) is 5.92 Å². The summed E-state index contributed by atoms with van der Waals surface area (Å²) >= 11 is 0. The second kappa shape index (κ2) is 5.65. The van der Waals surface area contributed by atoms with Crippen LogP contribution in [0.1, 0.15) is 50.8 Å². The third kappa shape index (κ3) is 2.69. The molecular weight excluding hydrogens is 250 g/mol. The summed E-state index contributed by atoms with van der Waals surface area (Å²) in [5.74, 6) is 2.74. The maximum atomic E-state index is 5.69. The van der Waals surface area contributed by atoms with Crippen molar-refractivity contribution in [3.8, 4) is 11.5 Å². The van der Waals surface area contributed by atoms with Gasteiger partial charge in [-0.25, -0.2) is 0 Å². The van der Waals surface area contributed by atoms with E-state index in [1.54, 1.807) is 0 Å². The van der Waals surface area contributed by atoms with Crippen molar-refractivity contribution in [1.29, 1.82) is 0 Å². The van der Waals surface area contributed by atoms with E-state index in [0.29, 0.717) is 11.8 Å². The number of anilines is 1. The molecule has 1 heterocycles. The molecule has 2 aromatic rings. The lowest BCUT2D eigenvalue weighted by Gasteiger charge is -2.26. The Morgan fingerprint density at radius 2 is 2.05 bits per heavy atom. The maximum absolute atomic E-state index is 5.69. The normalized spacial score (nSPS) is 22.9. The van der Waals surface area contributed by atoms with Crippen molar-refractivity contribution in [2.75, 3.05) is 5.73 Å². The zero-order valence-corrected chi connectivity index (χ0v) is 11.9. The highest BCUT2D eigenvalue weighted by Crippen LogP contribution is 2.36. The van der Waals surface area contributed by atoms with Gasteiger partial charge in [0.2, 0.25) is 0 Å². The summed E-state index contributed by atoms with van der Waals surface area (Å²) in [5.41, 5.74) is 7.36. The Kier molecular flexibility index (Phi) is 3.72. The number of rotatable bonds is 3. The Labute approximate surface area is 119 Å². The molecule has 3 rings (SSSR count). The van der Waals surface area contributed by atoms with Crippen molar-refractivity contribution in [3.05, 3.63) is 30.1 Å². The minimum absolute atomic E-state index is 0.458. The second-order valence-electron chi connectivity index (χ2n) is 5.72. The van der Waals surface area contributed by atoms with E-state index in [4.69, 9.17) is 10.3 Å². The van der Waals surface area contributed by atoms with E-state index in [1.165, 1.54) is 32.1 Å². The summed E-state index contributed by atoms with van der Waals surface area (Å²) in [6.07, 6.45) is 6.23. The summed E-state index contributed by atoms with van der Waals surface area (Å²) in [6.45, 7) is 2.27. The largest absolute Gasteiger partial charge is 0.399 e. The molecule has 2 N–H and O–H groups in total. The smallest absolute Gasteiger partial charge is 0.257 e. The molecule has 0 aliphatic heterocycles. The van der Waals surface area contributed by atoms with Gasteiger partial charge in [-0.3, -0.25) is 0 Å². The average Bonchev–Trinajstić information content (AvgIpc) is 2.98. The van der Waals surface area contributed by atoms with Crippen LogP contribution < -0.4 is 5.73 Å². The number of aromatic nitrogens is 2. The molecule has 0 saturated heterocycles. The molecule has 1 aromatic heterocycles. The number of hydrogen-bond acceptors (Lipinski definition) is 4. The monoisotopic (exact) mass is 271 g/mol. The fourth-order valence-electron chi connectivity index (χ4n) is 3.04. The fourth-order valence-corrected chi connectivity index (χ4v) is 3.04. The van der Waals surface area contributed by atoms with E-state index in [2.05, 4.69) is 17.1 Å². The summed E-state index contributed by atoms with van der Waals surface area (Å²) in [5, 5.41) is 4.19. The molecule has 4 heteroatoms. The highest BCUT2D eigenvalue weighted by molar-refractivity contribution is 5.56. The molecule has 1 aromatic carbocycles. The van der Waals surface area contributed by atoms with E-state index in [9.17, 15) is 0 Å². The second-order valence-corrected chi connectivity index (χ2v) is 5.72. The van der Waals surface area contributed by atoms with Crippen molar-refractivity contribution in [3.63, 3.8) is 0 Å². The van der Waals surface area contributed by atoms with Crippen molar-refractivity contribution >= 4 is 5.69 Å². The Morgan fingerprint density at radius 1 is 1.25 bits per heavy atom. The number of hydrogen-bond donors (Lipinski definition) is 1. The lowest BCUT2D eigenvalue weighted by Crippen LogP contribution is -2.14. The van der Waals surface area contributed by atoms with Gasteiger partial charge in [0.25, 0.3) is 5.89 Å². The van der Waals surface area contributed by atoms with Gasteiger partial charge in [-0.15, -0.1) is 0 Å². The molecule has 1 aliphatic rings. The molecule has 20 heavy (non-hydrogen) atoms. The van der Waals surface area contributed by atoms with Crippen LogP contribution in [0.3, 0.4) is 0 Å². The molecule has 4 nitrogen and oxygen atoms in total. The van der Waals surface area contributed by atoms with Crippen LogP contribution in [0.15, 0.2) is 28.8 Å². The molecule has 0 bridgehead atoms. The van der Waals surface area contributed by atoms with Crippen LogP contribution >= 0.6 is 0 Å². The standard InChI is InChI=1S/C16H21N3O/c1-2-11-4-3-5-13(10-11)15-18-16(20-19-15)12-6-8-14(17)9-7-12/h6-9,11,13H,2-5,10,17H2,1H3. The summed E-state index contributed by atoms with van der Waals surface area (Å²) in [6, 6.07) is 7.55. The fraction of sp³-hybridized carbons (Fsp3) is 0.500. The Morgan fingerprint density at radius 3 is 2.80 bits per heavy atom. The van der Waals surface area contributed by atoms with Crippen molar-refractivity contribution in [1.82, 2.24) is 10.1 Å². The summed E-state index contributed by atoms with van der Waals surface area (Å²) < 4.78 is 5.41. The lowest BCUT2D eigenvalue weighted by molar-refractivity contribution is 0.300. The first-order chi connectivity index (χ1) is 9.76. The topological polar surface area (TPSA) is 64.9 Å². The Balaban J connectivity index is 1.78. The van der Waals surface area contributed by atoms with E-state index in [0.717, 1.165) is 23.0 Å². The molecular formula is C16H21N3O. The van der Waals surface area contributed by atoms with Gasteiger partial charge in [-0.05, 0) is 43.0 Å². The number of nitrogens with two attached hydrogens (primary N) is 1. The highest BCUT2D eigenvalue weighted by Gasteiger charge is 2.26. The van der Waals surface area contributed by atoms with Crippen LogP contribution in [0.4, 0.5) is 5.69 Å². The molecule has 0 amide bonds. The van der Waals surface area contributed by atoms with Crippen molar-refractivity contribution in [2.24, 2.45) is 5.92 Å². The van der Waals surface area contributed by atoms with Crippen LogP contribution in [-0.2, 0) is 0 Å². The third-order valence-corrected chi connectivity index (χ3v) is 4.32. The SMILES string of the molecule is CCC1CCCC(c2noc(-c3ccc(N)cc3)n2)C1. The molecule has 2 atom stereocenters. The van der Waals surface area contributed by atoms with Crippen LogP contribution in [0.5, 0.6) is 0 Å². The maximum Gasteiger partial charge on any atom is 0.257 e. The third-order valence-electron chi connectivity index (χ3n) is 4.32. The van der Waals surface area contributed by atoms with E-state index < -0.39 is 0 Å². The zero-order valence-electron chi connectivity index (χ0n) is 11.9. The van der Waals surface area contributed by atoms with Crippen molar-refractivity contribution in [2.45, 2.75) is 44.9 Å². The van der Waals surface area contributed by atoms with Crippen LogP contribution in [-0.4, -0.2) is 10.1 Å². The Hall–Kier alpha value is -1.84. The van der Waals surface area contributed by atoms with Crippen LogP contribution in [0.2, 0.25) is 0 Å². The van der Waals surface area contributed by atoms with Gasteiger partial charge in [0.15, 0.2) is 5.82 Å². The molecule has 1 saturated carbocycles. The molecule has 1 fully saturated rings.